The number of imide groups is 1. The number of imidazole rings is 1. The zero-order valence-corrected chi connectivity index (χ0v) is 19.5. The second-order valence-electron chi connectivity index (χ2n) is 9.54. The molecule has 10 heteroatoms. The van der Waals surface area contributed by atoms with Crippen LogP contribution in [0.4, 0.5) is 5.69 Å². The van der Waals surface area contributed by atoms with Gasteiger partial charge in [0.15, 0.2) is 0 Å². The molecule has 178 valence electrons. The number of methoxy groups -OCH3 is 1. The van der Waals surface area contributed by atoms with Crippen molar-refractivity contribution in [2.75, 3.05) is 64.9 Å². The van der Waals surface area contributed by atoms with E-state index in [0.29, 0.717) is 17.9 Å². The number of carbonyl (C=O) groups excluding carboxylic acids is 2. The number of ether oxygens (including phenoxy) is 1. The zero-order chi connectivity index (χ0) is 23.3. The Kier molecular flexibility index (Phi) is 5.65. The van der Waals surface area contributed by atoms with Gasteiger partial charge in [-0.2, -0.15) is 0 Å². The van der Waals surface area contributed by atoms with Crippen LogP contribution in [0.3, 0.4) is 0 Å². The van der Waals surface area contributed by atoms with E-state index in [1.165, 1.54) is 4.57 Å². The lowest BCUT2D eigenvalue weighted by molar-refractivity contribution is -0.135. The maximum absolute atomic E-state index is 13.2. The van der Waals surface area contributed by atoms with Gasteiger partial charge in [-0.3, -0.25) is 24.0 Å². The first kappa shape index (κ1) is 22.0. The van der Waals surface area contributed by atoms with Crippen molar-refractivity contribution in [1.82, 2.24) is 24.3 Å². The maximum atomic E-state index is 13.2. The third-order valence-electron chi connectivity index (χ3n) is 7.31. The highest BCUT2D eigenvalue weighted by molar-refractivity contribution is 6.01. The molecule has 2 aromatic rings. The van der Waals surface area contributed by atoms with Gasteiger partial charge in [-0.25, -0.2) is 4.79 Å². The Morgan fingerprint density at radius 1 is 1.06 bits per heavy atom. The first-order valence-electron chi connectivity index (χ1n) is 11.6. The minimum absolute atomic E-state index is 0.225. The zero-order valence-electron chi connectivity index (χ0n) is 19.5. The van der Waals surface area contributed by atoms with E-state index in [0.717, 1.165) is 62.8 Å². The van der Waals surface area contributed by atoms with Crippen LogP contribution in [0.2, 0.25) is 0 Å². The molecule has 1 N–H and O–H groups in total. The number of nitrogens with zero attached hydrogens (tertiary/aromatic N) is 5. The number of fused-ring (bicyclic) bond motifs is 1. The fourth-order valence-electron chi connectivity index (χ4n) is 5.40. The fourth-order valence-corrected chi connectivity index (χ4v) is 5.40. The summed E-state index contributed by atoms with van der Waals surface area (Å²) in [4.78, 5) is 44.6. The molecule has 1 atom stereocenters. The molecule has 0 radical (unpaired) electrons. The van der Waals surface area contributed by atoms with Crippen LogP contribution < -0.4 is 20.6 Å². The SMILES string of the molecule is COc1ccc2c(c1N1CC(CN3CCN(C)CC3)C1)n(C)c(=O)n2C1CCC(=O)NC1=O. The summed E-state index contributed by atoms with van der Waals surface area (Å²) in [5.41, 5.74) is 2.09. The molecular weight excluding hydrogens is 424 g/mol. The Labute approximate surface area is 192 Å². The van der Waals surface area contributed by atoms with Crippen molar-refractivity contribution in [3.63, 3.8) is 0 Å². The Hall–Kier alpha value is -2.85. The Morgan fingerprint density at radius 2 is 1.79 bits per heavy atom. The van der Waals surface area contributed by atoms with Crippen molar-refractivity contribution in [2.24, 2.45) is 13.0 Å². The largest absolute Gasteiger partial charge is 0.494 e. The van der Waals surface area contributed by atoms with Crippen molar-refractivity contribution in [3.8, 4) is 5.75 Å². The molecule has 0 aliphatic carbocycles. The lowest BCUT2D eigenvalue weighted by Crippen LogP contribution is -2.54. The summed E-state index contributed by atoms with van der Waals surface area (Å²) in [5, 5.41) is 2.37. The van der Waals surface area contributed by atoms with E-state index in [9.17, 15) is 14.4 Å². The molecule has 3 saturated heterocycles. The number of nitrogens with one attached hydrogen (secondary N) is 1. The van der Waals surface area contributed by atoms with Gasteiger partial charge in [-0.15, -0.1) is 0 Å². The van der Waals surface area contributed by atoms with Crippen molar-refractivity contribution in [1.29, 1.82) is 0 Å². The van der Waals surface area contributed by atoms with Gasteiger partial charge < -0.3 is 19.4 Å². The smallest absolute Gasteiger partial charge is 0.329 e. The fraction of sp³-hybridized carbons (Fsp3) is 0.609. The van der Waals surface area contributed by atoms with Gasteiger partial charge in [0.1, 0.15) is 17.5 Å². The molecule has 3 aliphatic heterocycles. The number of aryl methyl sites for hydroxylation is 1. The van der Waals surface area contributed by atoms with Crippen LogP contribution in [0.15, 0.2) is 16.9 Å². The molecule has 10 nitrogen and oxygen atoms in total. The number of aromatic nitrogens is 2. The highest BCUT2D eigenvalue weighted by Crippen LogP contribution is 2.40. The summed E-state index contributed by atoms with van der Waals surface area (Å²) >= 11 is 0. The van der Waals surface area contributed by atoms with Crippen LogP contribution >= 0.6 is 0 Å². The summed E-state index contributed by atoms with van der Waals surface area (Å²) in [6.45, 7) is 7.32. The summed E-state index contributed by atoms with van der Waals surface area (Å²) < 4.78 is 8.82. The molecule has 3 aliphatic rings. The van der Waals surface area contributed by atoms with Gasteiger partial charge in [0.25, 0.3) is 0 Å². The van der Waals surface area contributed by atoms with E-state index >= 15 is 0 Å². The summed E-state index contributed by atoms with van der Waals surface area (Å²) in [6, 6.07) is 3.01. The van der Waals surface area contributed by atoms with E-state index in [-0.39, 0.29) is 18.0 Å². The average molecular weight is 457 g/mol. The predicted molar refractivity (Wildman–Crippen MR) is 125 cm³/mol. The number of anilines is 1. The molecule has 0 saturated carbocycles. The van der Waals surface area contributed by atoms with Crippen molar-refractivity contribution >= 4 is 28.5 Å². The van der Waals surface area contributed by atoms with Gasteiger partial charge in [-0.05, 0) is 25.6 Å². The maximum Gasteiger partial charge on any atom is 0.329 e. The van der Waals surface area contributed by atoms with Crippen molar-refractivity contribution in [2.45, 2.75) is 18.9 Å². The number of piperazine rings is 1. The van der Waals surface area contributed by atoms with E-state index in [2.05, 4.69) is 27.1 Å². The lowest BCUT2D eigenvalue weighted by atomic mass is 9.97. The second kappa shape index (κ2) is 8.49. The minimum atomic E-state index is -0.693. The molecule has 0 spiro atoms. The number of carbonyl (C=O) groups is 2. The van der Waals surface area contributed by atoms with E-state index in [1.807, 2.05) is 12.1 Å². The Bertz CT molecular complexity index is 1140. The third kappa shape index (κ3) is 3.80. The molecule has 0 bridgehead atoms. The molecular formula is C23H32N6O4. The molecule has 33 heavy (non-hydrogen) atoms. The number of rotatable bonds is 5. The number of amides is 2. The Balaban J connectivity index is 1.44. The molecule has 1 aromatic heterocycles. The summed E-state index contributed by atoms with van der Waals surface area (Å²) in [7, 11) is 5.54. The first-order chi connectivity index (χ1) is 15.9. The normalized spacial score (nSPS) is 23.1. The molecule has 2 amide bonds. The quantitative estimate of drug-likeness (QED) is 0.634. The van der Waals surface area contributed by atoms with E-state index in [4.69, 9.17) is 4.74 Å². The van der Waals surface area contributed by atoms with Gasteiger partial charge in [0.05, 0.1) is 18.1 Å². The number of hydrogen-bond acceptors (Lipinski definition) is 7. The average Bonchev–Trinajstić information content (AvgIpc) is 3.02. The molecule has 1 unspecified atom stereocenters. The summed E-state index contributed by atoms with van der Waals surface area (Å²) in [5.74, 6) is 0.576. The third-order valence-corrected chi connectivity index (χ3v) is 7.31. The van der Waals surface area contributed by atoms with Gasteiger partial charge >= 0.3 is 5.69 Å². The number of likely N-dealkylation sites (N-methyl/N-ethyl adjacent to an activating group) is 1. The highest BCUT2D eigenvalue weighted by Gasteiger charge is 2.36. The van der Waals surface area contributed by atoms with Gasteiger partial charge in [0.2, 0.25) is 11.8 Å². The van der Waals surface area contributed by atoms with Crippen LogP contribution in [0.1, 0.15) is 18.9 Å². The van der Waals surface area contributed by atoms with E-state index < -0.39 is 11.9 Å². The van der Waals surface area contributed by atoms with E-state index in [1.54, 1.807) is 18.7 Å². The number of hydrogen-bond donors (Lipinski definition) is 1. The second-order valence-corrected chi connectivity index (χ2v) is 9.54. The van der Waals surface area contributed by atoms with Crippen LogP contribution in [0.25, 0.3) is 11.0 Å². The lowest BCUT2D eigenvalue weighted by Gasteiger charge is -2.45. The monoisotopic (exact) mass is 456 g/mol. The van der Waals surface area contributed by atoms with Gasteiger partial charge in [0, 0.05) is 65.2 Å². The minimum Gasteiger partial charge on any atom is -0.494 e. The first-order valence-corrected chi connectivity index (χ1v) is 11.6. The Morgan fingerprint density at radius 3 is 2.45 bits per heavy atom. The van der Waals surface area contributed by atoms with Gasteiger partial charge in [-0.1, -0.05) is 0 Å². The standard InChI is InChI=1S/C23H32N6O4/c1-25-8-10-27(11-9-25)12-15-13-28(14-15)21-18(33-3)6-4-16-20(21)26(2)23(32)29(16)17-5-7-19(30)24-22(17)31/h4,6,15,17H,5,7-14H2,1-3H3,(H,24,30,31). The predicted octanol–water partition coefficient (Wildman–Crippen LogP) is 0.00990. The molecule has 3 fully saturated rings. The molecule has 5 rings (SSSR count). The van der Waals surface area contributed by atoms with Crippen molar-refractivity contribution in [3.05, 3.63) is 22.6 Å². The van der Waals surface area contributed by atoms with Crippen molar-refractivity contribution < 1.29 is 14.3 Å². The van der Waals surface area contributed by atoms with Crippen LogP contribution in [0.5, 0.6) is 5.75 Å². The molecule has 1 aromatic carbocycles. The highest BCUT2D eigenvalue weighted by atomic mass is 16.5. The molecule has 4 heterocycles. The number of benzene rings is 1. The van der Waals surface area contributed by atoms with Crippen LogP contribution in [-0.4, -0.2) is 90.7 Å². The summed E-state index contributed by atoms with van der Waals surface area (Å²) in [6.07, 6.45) is 0.546. The van der Waals surface area contributed by atoms with Crippen LogP contribution in [0, 0.1) is 5.92 Å². The number of piperidine rings is 1. The topological polar surface area (TPSA) is 92.1 Å². The van der Waals surface area contributed by atoms with Crippen LogP contribution in [-0.2, 0) is 16.6 Å².